The minimum absolute atomic E-state index is 0.0657. The minimum atomic E-state index is -3.92. The minimum Gasteiger partial charge on any atom is -0.456 e. The summed E-state index contributed by atoms with van der Waals surface area (Å²) in [5.74, 6) is -0.712. The molecule has 8 nitrogen and oxygen atoms in total. The fourth-order valence-electron chi connectivity index (χ4n) is 3.46. The Balaban J connectivity index is 1.55. The molecule has 2 aromatic heterocycles. The van der Waals surface area contributed by atoms with Gasteiger partial charge in [0.1, 0.15) is 12.3 Å². The summed E-state index contributed by atoms with van der Waals surface area (Å²) in [6.07, 6.45) is 1.68. The molecule has 4 rings (SSSR count). The maximum atomic E-state index is 12.9. The smallest absolute Gasteiger partial charge is 0.338 e. The van der Waals surface area contributed by atoms with Crippen LogP contribution < -0.4 is 10.3 Å². The SMILES string of the molecule is Cc1cccc(NS(=O)(=O)c2ccc(C)c(C(=O)OCc3cc(=O)n4cc(C)ccc4n3)c2)c1. The zero-order chi connectivity index (χ0) is 24.5. The second-order valence-corrected chi connectivity index (χ2v) is 9.73. The average Bonchev–Trinajstić information content (AvgIpc) is 2.78. The number of nitrogens with zero attached hydrogens (tertiary/aromatic N) is 2. The van der Waals surface area contributed by atoms with E-state index in [0.717, 1.165) is 11.1 Å². The lowest BCUT2D eigenvalue weighted by molar-refractivity contribution is 0.0466. The number of carbonyl (C=O) groups excluding carboxylic acids is 1. The van der Waals surface area contributed by atoms with Crippen molar-refractivity contribution in [2.45, 2.75) is 32.3 Å². The van der Waals surface area contributed by atoms with E-state index in [1.54, 1.807) is 43.5 Å². The number of aromatic nitrogens is 2. The quantitative estimate of drug-likeness (QED) is 0.424. The molecular formula is C25H23N3O5S. The number of sulfonamides is 1. The highest BCUT2D eigenvalue weighted by Crippen LogP contribution is 2.21. The van der Waals surface area contributed by atoms with Gasteiger partial charge in [-0.05, 0) is 67.8 Å². The van der Waals surface area contributed by atoms with Crippen molar-refractivity contribution in [3.8, 4) is 0 Å². The Morgan fingerprint density at radius 1 is 1.00 bits per heavy atom. The molecule has 174 valence electrons. The summed E-state index contributed by atoms with van der Waals surface area (Å²) in [4.78, 5) is 29.4. The van der Waals surface area contributed by atoms with Crippen LogP contribution in [0.25, 0.3) is 5.65 Å². The van der Waals surface area contributed by atoms with Crippen LogP contribution in [0.5, 0.6) is 0 Å². The summed E-state index contributed by atoms with van der Waals surface area (Å²) in [5.41, 5.74) is 3.37. The van der Waals surface area contributed by atoms with Crippen LogP contribution in [-0.4, -0.2) is 23.8 Å². The molecule has 0 radical (unpaired) electrons. The van der Waals surface area contributed by atoms with E-state index in [4.69, 9.17) is 4.74 Å². The number of pyridine rings is 1. The van der Waals surface area contributed by atoms with Crippen molar-refractivity contribution < 1.29 is 17.9 Å². The van der Waals surface area contributed by atoms with Gasteiger partial charge in [0.05, 0.1) is 16.2 Å². The van der Waals surface area contributed by atoms with E-state index in [0.29, 0.717) is 22.6 Å². The molecule has 0 atom stereocenters. The standard InChI is InChI=1S/C25H23N3O5S/c1-16-5-4-6-19(11-16)27-34(31,32)21-9-8-18(3)22(13-21)25(30)33-15-20-12-24(29)28-14-17(2)7-10-23(28)26-20/h4-14,27H,15H2,1-3H3. The summed E-state index contributed by atoms with van der Waals surface area (Å²) >= 11 is 0. The highest BCUT2D eigenvalue weighted by atomic mass is 32.2. The molecule has 9 heteroatoms. The van der Waals surface area contributed by atoms with Crippen LogP contribution in [0.15, 0.2) is 76.6 Å². The summed E-state index contributed by atoms with van der Waals surface area (Å²) in [6.45, 7) is 5.19. The Kier molecular flexibility index (Phi) is 6.21. The van der Waals surface area contributed by atoms with Gasteiger partial charge in [0, 0.05) is 18.0 Å². The Morgan fingerprint density at radius 2 is 1.79 bits per heavy atom. The number of esters is 1. The Bertz CT molecular complexity index is 1580. The van der Waals surface area contributed by atoms with Crippen LogP contribution in [0.1, 0.15) is 32.7 Å². The van der Waals surface area contributed by atoms with Crippen molar-refractivity contribution in [1.82, 2.24) is 9.38 Å². The van der Waals surface area contributed by atoms with Crippen molar-refractivity contribution in [3.63, 3.8) is 0 Å². The number of fused-ring (bicyclic) bond motifs is 1. The first kappa shape index (κ1) is 23.2. The Morgan fingerprint density at radius 3 is 2.56 bits per heavy atom. The lowest BCUT2D eigenvalue weighted by Gasteiger charge is -2.12. The highest BCUT2D eigenvalue weighted by Gasteiger charge is 2.19. The van der Waals surface area contributed by atoms with Crippen LogP contribution in [0.4, 0.5) is 5.69 Å². The van der Waals surface area contributed by atoms with Crippen molar-refractivity contribution >= 4 is 27.3 Å². The lowest BCUT2D eigenvalue weighted by Crippen LogP contribution is -2.17. The number of rotatable bonds is 6. The first-order valence-electron chi connectivity index (χ1n) is 10.5. The molecule has 0 unspecified atom stereocenters. The summed E-state index contributed by atoms with van der Waals surface area (Å²) in [5, 5.41) is 0. The van der Waals surface area contributed by atoms with Crippen molar-refractivity contribution in [2.75, 3.05) is 4.72 Å². The zero-order valence-corrected chi connectivity index (χ0v) is 19.7. The third-order valence-electron chi connectivity index (χ3n) is 5.22. The summed E-state index contributed by atoms with van der Waals surface area (Å²) in [6, 6.07) is 16.1. The fraction of sp³-hybridized carbons (Fsp3) is 0.160. The first-order chi connectivity index (χ1) is 16.1. The molecule has 34 heavy (non-hydrogen) atoms. The summed E-state index contributed by atoms with van der Waals surface area (Å²) in [7, 11) is -3.92. The molecule has 0 aliphatic rings. The molecule has 1 N–H and O–H groups in total. The molecule has 2 aromatic carbocycles. The molecule has 0 saturated carbocycles. The van der Waals surface area contributed by atoms with Gasteiger partial charge in [-0.1, -0.05) is 24.3 Å². The molecule has 0 spiro atoms. The molecule has 0 amide bonds. The number of ether oxygens (including phenoxy) is 1. The Hall–Kier alpha value is -3.98. The van der Waals surface area contributed by atoms with E-state index < -0.39 is 16.0 Å². The van der Waals surface area contributed by atoms with Crippen LogP contribution in [0.2, 0.25) is 0 Å². The predicted octanol–water partition coefficient (Wildman–Crippen LogP) is 3.78. The van der Waals surface area contributed by atoms with E-state index in [-0.39, 0.29) is 22.6 Å². The summed E-state index contributed by atoms with van der Waals surface area (Å²) < 4.78 is 35.0. The molecule has 0 aliphatic heterocycles. The first-order valence-corrected chi connectivity index (χ1v) is 12.0. The van der Waals surface area contributed by atoms with Gasteiger partial charge < -0.3 is 4.74 Å². The third-order valence-corrected chi connectivity index (χ3v) is 6.60. The van der Waals surface area contributed by atoms with Gasteiger partial charge in [-0.2, -0.15) is 0 Å². The number of nitrogens with one attached hydrogen (secondary N) is 1. The number of anilines is 1. The number of carbonyl (C=O) groups is 1. The zero-order valence-electron chi connectivity index (χ0n) is 18.9. The van der Waals surface area contributed by atoms with E-state index in [1.165, 1.54) is 22.6 Å². The fourth-order valence-corrected chi connectivity index (χ4v) is 4.54. The van der Waals surface area contributed by atoms with Gasteiger partial charge in [0.2, 0.25) is 0 Å². The molecular weight excluding hydrogens is 454 g/mol. The monoisotopic (exact) mass is 477 g/mol. The van der Waals surface area contributed by atoms with Crippen LogP contribution >= 0.6 is 0 Å². The lowest BCUT2D eigenvalue weighted by atomic mass is 10.1. The third kappa shape index (κ3) is 4.99. The predicted molar refractivity (Wildman–Crippen MR) is 128 cm³/mol. The van der Waals surface area contributed by atoms with Crippen LogP contribution in [0.3, 0.4) is 0 Å². The molecule has 0 aliphatic carbocycles. The van der Waals surface area contributed by atoms with Gasteiger partial charge in [-0.25, -0.2) is 18.2 Å². The molecule has 2 heterocycles. The van der Waals surface area contributed by atoms with Crippen molar-refractivity contribution in [2.24, 2.45) is 0 Å². The molecule has 4 aromatic rings. The van der Waals surface area contributed by atoms with E-state index in [1.807, 2.05) is 26.0 Å². The van der Waals surface area contributed by atoms with E-state index >= 15 is 0 Å². The molecule has 0 saturated heterocycles. The van der Waals surface area contributed by atoms with E-state index in [9.17, 15) is 18.0 Å². The number of hydrogen-bond donors (Lipinski definition) is 1. The Labute approximate surface area is 196 Å². The molecule has 0 fully saturated rings. The van der Waals surface area contributed by atoms with Gasteiger partial charge >= 0.3 is 5.97 Å². The average molecular weight is 478 g/mol. The topological polar surface area (TPSA) is 107 Å². The van der Waals surface area contributed by atoms with Crippen LogP contribution in [0, 0.1) is 20.8 Å². The number of aryl methyl sites for hydroxylation is 3. The van der Waals surface area contributed by atoms with E-state index in [2.05, 4.69) is 9.71 Å². The van der Waals surface area contributed by atoms with Gasteiger partial charge in [-0.15, -0.1) is 0 Å². The number of hydrogen-bond acceptors (Lipinski definition) is 6. The van der Waals surface area contributed by atoms with Gasteiger partial charge in [0.15, 0.2) is 0 Å². The largest absolute Gasteiger partial charge is 0.456 e. The maximum absolute atomic E-state index is 12.9. The normalized spacial score (nSPS) is 11.4. The second-order valence-electron chi connectivity index (χ2n) is 8.05. The maximum Gasteiger partial charge on any atom is 0.338 e. The number of benzene rings is 2. The van der Waals surface area contributed by atoms with Crippen molar-refractivity contribution in [1.29, 1.82) is 0 Å². The van der Waals surface area contributed by atoms with Gasteiger partial charge in [0.25, 0.3) is 15.6 Å². The molecule has 0 bridgehead atoms. The second kappa shape index (κ2) is 9.11. The highest BCUT2D eigenvalue weighted by molar-refractivity contribution is 7.92. The van der Waals surface area contributed by atoms with Gasteiger partial charge in [-0.3, -0.25) is 13.9 Å². The van der Waals surface area contributed by atoms with Crippen molar-refractivity contribution in [3.05, 3.63) is 105 Å². The van der Waals surface area contributed by atoms with Crippen LogP contribution in [-0.2, 0) is 21.4 Å².